The van der Waals surface area contributed by atoms with Gasteiger partial charge in [0.2, 0.25) is 0 Å². The Morgan fingerprint density at radius 1 is 0.706 bits per heavy atom. The van der Waals surface area contributed by atoms with Gasteiger partial charge in [0.05, 0.1) is 17.0 Å². The van der Waals surface area contributed by atoms with Crippen molar-refractivity contribution in [1.29, 1.82) is 5.26 Å². The van der Waals surface area contributed by atoms with Gasteiger partial charge in [0, 0.05) is 35.2 Å². The van der Waals surface area contributed by atoms with Crippen LogP contribution in [0.4, 0.5) is 0 Å². The summed E-state index contributed by atoms with van der Waals surface area (Å²) in [5.41, 5.74) is 8.53. The zero-order valence-corrected chi connectivity index (χ0v) is 19.2. The van der Waals surface area contributed by atoms with Gasteiger partial charge in [-0.05, 0) is 34.8 Å². The first-order valence-corrected chi connectivity index (χ1v) is 11.8. The van der Waals surface area contributed by atoms with Crippen molar-refractivity contribution in [2.45, 2.75) is 13.1 Å². The second-order valence-electron chi connectivity index (χ2n) is 7.86. The van der Waals surface area contributed by atoms with Crippen molar-refractivity contribution in [3.8, 4) is 39.8 Å². The molecule has 34 heavy (non-hydrogen) atoms. The van der Waals surface area contributed by atoms with Crippen LogP contribution in [0.25, 0.3) is 33.8 Å². The molecule has 0 saturated carbocycles. The summed E-state index contributed by atoms with van der Waals surface area (Å²) in [5.74, 6) is 0. The van der Waals surface area contributed by atoms with E-state index in [0.717, 1.165) is 41.2 Å². The molecule has 1 N–H and O–H groups in total. The first-order valence-electron chi connectivity index (χ1n) is 10.9. The quantitative estimate of drug-likeness (QED) is 0.318. The van der Waals surface area contributed by atoms with E-state index in [1.54, 1.807) is 0 Å². The maximum absolute atomic E-state index is 9.50. The first kappa shape index (κ1) is 21.7. The maximum Gasteiger partial charge on any atom is 0.105 e. The van der Waals surface area contributed by atoms with Crippen molar-refractivity contribution in [1.82, 2.24) is 19.9 Å². The van der Waals surface area contributed by atoms with Crippen molar-refractivity contribution in [3.05, 3.63) is 113 Å². The summed E-state index contributed by atoms with van der Waals surface area (Å²) in [6, 6.07) is 32.6. The molecule has 164 valence electrons. The number of nitrogens with one attached hydrogen (secondary N) is 1. The van der Waals surface area contributed by atoms with Crippen LogP contribution in [0, 0.1) is 11.3 Å². The summed E-state index contributed by atoms with van der Waals surface area (Å²) in [4.78, 5) is 4.80. The fraction of sp³-hybridized carbons (Fsp3) is 0.0714. The Bertz CT molecular complexity index is 1410. The van der Waals surface area contributed by atoms with Gasteiger partial charge in [0.1, 0.15) is 11.8 Å². The van der Waals surface area contributed by atoms with Crippen molar-refractivity contribution >= 4 is 11.5 Å². The second kappa shape index (κ2) is 10.2. The minimum Gasteiger partial charge on any atom is -0.309 e. The van der Waals surface area contributed by atoms with Crippen LogP contribution < -0.4 is 5.32 Å². The molecule has 5 aromatic rings. The molecule has 0 unspecified atom stereocenters. The molecule has 5 rings (SSSR count). The Morgan fingerprint density at radius 2 is 1.35 bits per heavy atom. The maximum atomic E-state index is 9.50. The summed E-state index contributed by atoms with van der Waals surface area (Å²) in [6.07, 6.45) is 0. The molecule has 3 aromatic carbocycles. The summed E-state index contributed by atoms with van der Waals surface area (Å²) >= 11 is 1.36. The summed E-state index contributed by atoms with van der Waals surface area (Å²) in [6.45, 7) is 1.56. The van der Waals surface area contributed by atoms with Crippen LogP contribution in [0.2, 0.25) is 0 Å². The lowest BCUT2D eigenvalue weighted by molar-refractivity contribution is 0.693. The fourth-order valence-corrected chi connectivity index (χ4v) is 4.22. The molecular weight excluding hydrogens is 438 g/mol. The van der Waals surface area contributed by atoms with Crippen LogP contribution in [0.1, 0.15) is 16.7 Å². The Morgan fingerprint density at radius 3 is 1.94 bits per heavy atom. The topological polar surface area (TPSA) is 74.5 Å². The Hall–Kier alpha value is -4.18. The third-order valence-corrected chi connectivity index (χ3v) is 6.09. The number of aromatic nitrogens is 3. The van der Waals surface area contributed by atoms with Crippen molar-refractivity contribution in [2.24, 2.45) is 0 Å². The molecule has 6 heteroatoms. The highest BCUT2D eigenvalue weighted by atomic mass is 32.1. The zero-order valence-electron chi connectivity index (χ0n) is 18.3. The lowest BCUT2D eigenvalue weighted by Gasteiger charge is -2.09. The number of hydrogen-bond acceptors (Lipinski definition) is 6. The molecule has 0 amide bonds. The Kier molecular flexibility index (Phi) is 6.48. The zero-order chi connectivity index (χ0) is 23.2. The monoisotopic (exact) mass is 459 g/mol. The summed E-state index contributed by atoms with van der Waals surface area (Å²) < 4.78 is 3.92. The molecule has 0 fully saturated rings. The molecule has 0 aliphatic heterocycles. The predicted octanol–water partition coefficient (Wildman–Crippen LogP) is 6.10. The molecule has 0 saturated heterocycles. The Balaban J connectivity index is 1.23. The third-order valence-electron chi connectivity index (χ3n) is 5.58. The third kappa shape index (κ3) is 4.91. The minimum atomic E-state index is 0.576. The van der Waals surface area contributed by atoms with E-state index in [9.17, 15) is 5.26 Å². The van der Waals surface area contributed by atoms with Crippen LogP contribution in [-0.2, 0) is 13.1 Å². The van der Waals surface area contributed by atoms with E-state index in [2.05, 4.69) is 69.5 Å². The second-order valence-corrected chi connectivity index (χ2v) is 8.47. The van der Waals surface area contributed by atoms with E-state index in [4.69, 9.17) is 4.98 Å². The predicted molar refractivity (Wildman–Crippen MR) is 136 cm³/mol. The van der Waals surface area contributed by atoms with E-state index in [1.807, 2.05) is 47.8 Å². The van der Waals surface area contributed by atoms with Gasteiger partial charge < -0.3 is 5.32 Å². The number of nitrogens with zero attached hydrogens (tertiary/aromatic N) is 4. The molecular formula is C28H21N5S. The number of benzene rings is 3. The van der Waals surface area contributed by atoms with Crippen LogP contribution in [0.3, 0.4) is 0 Å². The van der Waals surface area contributed by atoms with Crippen LogP contribution in [0.5, 0.6) is 0 Å². The summed E-state index contributed by atoms with van der Waals surface area (Å²) in [7, 11) is 0. The number of nitriles is 1. The van der Waals surface area contributed by atoms with E-state index in [-0.39, 0.29) is 0 Å². The molecule has 0 bridgehead atoms. The average Bonchev–Trinajstić information content (AvgIpc) is 3.45. The van der Waals surface area contributed by atoms with Gasteiger partial charge in [0.15, 0.2) is 0 Å². The van der Waals surface area contributed by atoms with E-state index >= 15 is 0 Å². The largest absolute Gasteiger partial charge is 0.309 e. The van der Waals surface area contributed by atoms with Gasteiger partial charge in [-0.3, -0.25) is 0 Å². The summed E-state index contributed by atoms with van der Waals surface area (Å²) in [5, 5.41) is 19.1. The van der Waals surface area contributed by atoms with Gasteiger partial charge in [-0.1, -0.05) is 83.4 Å². The normalized spacial score (nSPS) is 10.7. The highest BCUT2D eigenvalue weighted by Gasteiger charge is 2.09. The average molecular weight is 460 g/mol. The lowest BCUT2D eigenvalue weighted by Crippen LogP contribution is -2.12. The van der Waals surface area contributed by atoms with Gasteiger partial charge in [-0.2, -0.15) is 5.26 Å². The molecule has 0 aliphatic carbocycles. The standard InChI is InChI=1S/C28H21N5S/c29-16-25-14-15-26(31-28(25)24-4-2-1-3-5-24)22-10-6-20(7-11-22)17-30-18-21-8-12-23(13-9-21)27-19-34-33-32-27/h1-15,19,30H,17-18H2. The van der Waals surface area contributed by atoms with Crippen LogP contribution >= 0.6 is 11.5 Å². The van der Waals surface area contributed by atoms with Gasteiger partial charge in [-0.15, -0.1) is 5.10 Å². The SMILES string of the molecule is N#Cc1ccc(-c2ccc(CNCc3ccc(-c4csnn4)cc3)cc2)nc1-c1ccccc1. The molecule has 0 spiro atoms. The van der Waals surface area contributed by atoms with Gasteiger partial charge >= 0.3 is 0 Å². The van der Waals surface area contributed by atoms with E-state index < -0.39 is 0 Å². The molecule has 2 heterocycles. The van der Waals surface area contributed by atoms with Crippen LogP contribution in [0.15, 0.2) is 96.4 Å². The first-order chi connectivity index (χ1) is 16.8. The Labute approximate surface area is 202 Å². The lowest BCUT2D eigenvalue weighted by atomic mass is 10.0. The van der Waals surface area contributed by atoms with Gasteiger partial charge in [0.25, 0.3) is 0 Å². The number of rotatable bonds is 7. The smallest absolute Gasteiger partial charge is 0.105 e. The van der Waals surface area contributed by atoms with Crippen molar-refractivity contribution in [3.63, 3.8) is 0 Å². The number of hydrogen-bond donors (Lipinski definition) is 1. The molecule has 0 radical (unpaired) electrons. The highest BCUT2D eigenvalue weighted by molar-refractivity contribution is 7.03. The number of pyridine rings is 1. The molecule has 2 aromatic heterocycles. The van der Waals surface area contributed by atoms with Crippen molar-refractivity contribution < 1.29 is 0 Å². The molecule has 0 atom stereocenters. The van der Waals surface area contributed by atoms with Gasteiger partial charge in [-0.25, -0.2) is 4.98 Å². The molecule has 0 aliphatic rings. The minimum absolute atomic E-state index is 0.576. The molecule has 5 nitrogen and oxygen atoms in total. The highest BCUT2D eigenvalue weighted by Crippen LogP contribution is 2.26. The fourth-order valence-electron chi connectivity index (χ4n) is 3.75. The van der Waals surface area contributed by atoms with E-state index in [1.165, 1.54) is 22.7 Å². The van der Waals surface area contributed by atoms with Crippen molar-refractivity contribution in [2.75, 3.05) is 0 Å². The van der Waals surface area contributed by atoms with E-state index in [0.29, 0.717) is 11.3 Å². The van der Waals surface area contributed by atoms with Crippen LogP contribution in [-0.4, -0.2) is 14.6 Å².